The first kappa shape index (κ1) is 45.7. The quantitative estimate of drug-likeness (QED) is 0.162. The molecule has 5 atom stereocenters. The van der Waals surface area contributed by atoms with Crippen LogP contribution in [-0.2, 0) is 61.8 Å². The first-order valence-electron chi connectivity index (χ1n) is 20.8. The molecule has 3 heterocycles. The predicted molar refractivity (Wildman–Crippen MR) is 220 cm³/mol. The van der Waals surface area contributed by atoms with Gasteiger partial charge in [-0.25, -0.2) is 26.0 Å². The molecule has 0 spiro atoms. The summed E-state index contributed by atoms with van der Waals surface area (Å²) in [4.78, 5) is 83.5. The first-order chi connectivity index (χ1) is 29.6. The number of ether oxygens (including phenoxy) is 2. The molecule has 2 saturated carbocycles. The van der Waals surface area contributed by atoms with E-state index >= 15 is 4.79 Å². The van der Waals surface area contributed by atoms with Crippen molar-refractivity contribution in [3.8, 4) is 0 Å². The molecule has 0 radical (unpaired) electrons. The number of hydrogen-bond donors (Lipinski definition) is 1. The summed E-state index contributed by atoms with van der Waals surface area (Å²) in [6.45, 7) is 3.34. The van der Waals surface area contributed by atoms with Crippen molar-refractivity contribution in [2.75, 3.05) is 19.6 Å². The van der Waals surface area contributed by atoms with E-state index in [0.29, 0.717) is 24.0 Å². The molecule has 7 rings (SSSR count). The van der Waals surface area contributed by atoms with Crippen LogP contribution in [0.15, 0.2) is 59.5 Å². The summed E-state index contributed by atoms with van der Waals surface area (Å²) in [5.74, 6) is -5.97. The highest BCUT2D eigenvalue weighted by Gasteiger charge is 2.62. The fraction of sp³-hybridized carbons (Fsp3) is 0.548. The van der Waals surface area contributed by atoms with Crippen molar-refractivity contribution in [1.29, 1.82) is 0 Å². The standard InChI is InChI=1S/C42H50FN5O13S2/c1-41(2,3)61-37(50)18-27-23-46(63(58,59)36-14-7-6-13-33(36)48(54)55)17-8-4-5-11-28-20-42(28,39(52)44-62(56,57)30-15-16-30)21-35(49)34-19-29(24-47(34)38(27)51)60-40(53)45-22-26-10-9-12-32(43)31(26)25-45/h5-7,9-14,27-30,34H,4,8,15-25H2,1-3H3,(H,44,52)/b11-5-/t27-,28+,29+,34-,42+/m0/s1. The zero-order valence-electron chi connectivity index (χ0n) is 35.1. The van der Waals surface area contributed by atoms with Crippen molar-refractivity contribution in [2.45, 2.75) is 113 Å². The molecule has 2 aromatic carbocycles. The summed E-state index contributed by atoms with van der Waals surface area (Å²) in [5.41, 5.74) is -2.38. The van der Waals surface area contributed by atoms with Gasteiger partial charge in [0.2, 0.25) is 31.9 Å². The van der Waals surface area contributed by atoms with Crippen LogP contribution < -0.4 is 4.72 Å². The molecule has 5 aliphatic rings. The fourth-order valence-corrected chi connectivity index (χ4v) is 11.7. The number of amides is 3. The second kappa shape index (κ2) is 17.4. The van der Waals surface area contributed by atoms with Crippen molar-refractivity contribution in [3.05, 3.63) is 81.7 Å². The number of rotatable bonds is 9. The van der Waals surface area contributed by atoms with Crippen molar-refractivity contribution in [1.82, 2.24) is 18.8 Å². The molecule has 63 heavy (non-hydrogen) atoms. The molecular weight excluding hydrogens is 866 g/mol. The number of nitrogens with zero attached hydrogens (tertiary/aromatic N) is 4. The van der Waals surface area contributed by atoms with Crippen LogP contribution in [0.2, 0.25) is 0 Å². The summed E-state index contributed by atoms with van der Waals surface area (Å²) < 4.78 is 83.8. The second-order valence-electron chi connectivity index (χ2n) is 17.9. The fourth-order valence-electron chi connectivity index (χ4n) is 8.63. The van der Waals surface area contributed by atoms with Crippen molar-refractivity contribution >= 4 is 55.4 Å². The zero-order chi connectivity index (χ0) is 45.6. The minimum absolute atomic E-state index is 0.0296. The molecule has 340 valence electrons. The summed E-state index contributed by atoms with van der Waals surface area (Å²) in [7, 11) is -8.78. The molecule has 21 heteroatoms. The van der Waals surface area contributed by atoms with E-state index in [1.54, 1.807) is 39.0 Å². The van der Waals surface area contributed by atoms with Crippen LogP contribution in [0.4, 0.5) is 14.9 Å². The lowest BCUT2D eigenvalue weighted by Gasteiger charge is -2.32. The van der Waals surface area contributed by atoms with Gasteiger partial charge < -0.3 is 14.4 Å². The summed E-state index contributed by atoms with van der Waals surface area (Å²) >= 11 is 0. The predicted octanol–water partition coefficient (Wildman–Crippen LogP) is 4.12. The minimum Gasteiger partial charge on any atom is -0.460 e. The maximum Gasteiger partial charge on any atom is 0.410 e. The van der Waals surface area contributed by atoms with Gasteiger partial charge in [-0.05, 0) is 76.5 Å². The summed E-state index contributed by atoms with van der Waals surface area (Å²) in [5, 5.41) is 11.3. The minimum atomic E-state index is -4.75. The van der Waals surface area contributed by atoms with Crippen molar-refractivity contribution in [3.63, 3.8) is 0 Å². The van der Waals surface area contributed by atoms with Gasteiger partial charge in [-0.1, -0.05) is 36.4 Å². The number of fused-ring (bicyclic) bond motifs is 3. The molecular formula is C42H50FN5O13S2. The number of allylic oxidation sites excluding steroid dienone is 2. The summed E-state index contributed by atoms with van der Waals surface area (Å²) in [6, 6.07) is 7.76. The Balaban J connectivity index is 1.25. The van der Waals surface area contributed by atoms with E-state index < -0.39 is 137 Å². The lowest BCUT2D eigenvalue weighted by molar-refractivity contribution is -0.387. The number of benzene rings is 2. The monoisotopic (exact) mass is 915 g/mol. The van der Waals surface area contributed by atoms with E-state index in [1.165, 1.54) is 29.2 Å². The third-order valence-electron chi connectivity index (χ3n) is 12.1. The average Bonchev–Trinajstić information content (AvgIpc) is 4.09. The highest BCUT2D eigenvalue weighted by molar-refractivity contribution is 7.91. The molecule has 3 aliphatic heterocycles. The number of nitrogens with one attached hydrogen (secondary N) is 1. The van der Waals surface area contributed by atoms with Crippen molar-refractivity contribution in [2.24, 2.45) is 17.3 Å². The van der Waals surface area contributed by atoms with Crippen LogP contribution in [-0.4, -0.2) is 108 Å². The van der Waals surface area contributed by atoms with Gasteiger partial charge in [-0.3, -0.25) is 38.9 Å². The number of halogens is 1. The highest BCUT2D eigenvalue weighted by Crippen LogP contribution is 2.57. The number of ketones is 1. The Morgan fingerprint density at radius 1 is 1.02 bits per heavy atom. The third kappa shape index (κ3) is 9.94. The van der Waals surface area contributed by atoms with Crippen LogP contribution in [0.3, 0.4) is 0 Å². The molecule has 3 fully saturated rings. The Hall–Kier alpha value is -5.28. The molecule has 2 aliphatic carbocycles. The topological polar surface area (TPSA) is 237 Å². The molecule has 0 unspecified atom stereocenters. The van der Waals surface area contributed by atoms with E-state index in [-0.39, 0.29) is 45.3 Å². The van der Waals surface area contributed by atoms with Crippen LogP contribution in [0, 0.1) is 33.2 Å². The lowest BCUT2D eigenvalue weighted by Crippen LogP contribution is -2.49. The maximum atomic E-state index is 15.0. The normalized spacial score (nSPS) is 26.3. The Morgan fingerprint density at radius 3 is 2.43 bits per heavy atom. The molecule has 1 saturated heterocycles. The molecule has 0 aromatic heterocycles. The van der Waals surface area contributed by atoms with E-state index in [0.717, 1.165) is 21.3 Å². The third-order valence-corrected chi connectivity index (χ3v) is 15.8. The number of nitro groups is 1. The van der Waals surface area contributed by atoms with Crippen LogP contribution in [0.1, 0.15) is 83.3 Å². The number of carbonyl (C=O) groups is 5. The van der Waals surface area contributed by atoms with Gasteiger partial charge in [0.1, 0.15) is 17.5 Å². The number of esters is 1. The Labute approximate surface area is 364 Å². The summed E-state index contributed by atoms with van der Waals surface area (Å²) in [6.07, 6.45) is 1.05. The number of sulfonamides is 2. The van der Waals surface area contributed by atoms with E-state index in [1.807, 2.05) is 0 Å². The average molecular weight is 916 g/mol. The van der Waals surface area contributed by atoms with Crippen LogP contribution >= 0.6 is 0 Å². The van der Waals surface area contributed by atoms with Crippen molar-refractivity contribution < 1.29 is 59.6 Å². The van der Waals surface area contributed by atoms with Gasteiger partial charge in [0.25, 0.3) is 5.69 Å². The van der Waals surface area contributed by atoms with Crippen LogP contribution in [0.25, 0.3) is 0 Å². The number of para-hydroxylation sites is 1. The maximum absolute atomic E-state index is 15.0. The Morgan fingerprint density at radius 2 is 1.75 bits per heavy atom. The van der Waals surface area contributed by atoms with Gasteiger partial charge >= 0.3 is 12.1 Å². The van der Waals surface area contributed by atoms with Gasteiger partial charge in [0.05, 0.1) is 47.1 Å². The largest absolute Gasteiger partial charge is 0.460 e. The molecule has 1 N–H and O–H groups in total. The number of Topliss-reactive ketones (excluding diaryl/α,β-unsaturated/α-hetero) is 1. The molecule has 2 aromatic rings. The molecule has 3 amide bonds. The first-order valence-corrected chi connectivity index (χ1v) is 23.8. The molecule has 0 bridgehead atoms. The second-order valence-corrected chi connectivity index (χ2v) is 21.8. The zero-order valence-corrected chi connectivity index (χ0v) is 36.7. The Kier molecular flexibility index (Phi) is 12.6. The smallest absolute Gasteiger partial charge is 0.410 e. The van der Waals surface area contributed by atoms with Crippen LogP contribution in [0.5, 0.6) is 0 Å². The molecule has 18 nitrogen and oxygen atoms in total. The SMILES string of the molecule is CC(C)(C)OC(=O)C[C@H]1CN(S(=O)(=O)c2ccccc2[N+](=O)[O-])CCC/C=C\[C@@H]2C[C@@]2(C(=O)NS(=O)(=O)C2CC2)CC(=O)[C@@H]2C[C@@H](OC(=O)N3Cc4cccc(F)c4C3)CN2C1=O. The van der Waals surface area contributed by atoms with E-state index in [4.69, 9.17) is 9.47 Å². The van der Waals surface area contributed by atoms with E-state index in [9.17, 15) is 50.5 Å². The van der Waals surface area contributed by atoms with Gasteiger partial charge in [0.15, 0.2) is 10.7 Å². The van der Waals surface area contributed by atoms with Gasteiger partial charge in [0, 0.05) is 44.1 Å². The van der Waals surface area contributed by atoms with E-state index in [2.05, 4.69) is 4.72 Å². The lowest BCUT2D eigenvalue weighted by atomic mass is 9.91. The number of nitro benzene ring substituents is 1. The number of hydrogen-bond acceptors (Lipinski definition) is 13. The van der Waals surface area contributed by atoms with Gasteiger partial charge in [-0.15, -0.1) is 0 Å². The van der Waals surface area contributed by atoms with Gasteiger partial charge in [-0.2, -0.15) is 4.31 Å². The number of carbonyl (C=O) groups excluding carboxylic acids is 5. The Bertz CT molecular complexity index is 2470. The highest BCUT2D eigenvalue weighted by atomic mass is 32.2.